The third-order valence-corrected chi connectivity index (χ3v) is 6.04. The number of rotatable bonds is 7. The molecule has 0 aliphatic carbocycles. The summed E-state index contributed by atoms with van der Waals surface area (Å²) >= 11 is 3.31. The maximum absolute atomic E-state index is 13.6. The number of carbonyl (C=O) groups is 3. The van der Waals surface area contributed by atoms with E-state index in [0.717, 1.165) is 17.7 Å². The highest BCUT2D eigenvalue weighted by molar-refractivity contribution is 9.10. The van der Waals surface area contributed by atoms with E-state index in [4.69, 9.17) is 4.74 Å². The summed E-state index contributed by atoms with van der Waals surface area (Å²) in [5, 5.41) is 0. The van der Waals surface area contributed by atoms with E-state index in [1.54, 1.807) is 35.2 Å². The minimum atomic E-state index is -0.398. The van der Waals surface area contributed by atoms with Crippen molar-refractivity contribution in [1.29, 1.82) is 0 Å². The number of nitrogens with zero attached hydrogens (tertiary/aromatic N) is 2. The van der Waals surface area contributed by atoms with E-state index in [0.29, 0.717) is 34.3 Å². The fourth-order valence-corrected chi connectivity index (χ4v) is 4.34. The van der Waals surface area contributed by atoms with E-state index in [9.17, 15) is 18.8 Å². The number of ether oxygens (including phenoxy) is 1. The Kier molecular flexibility index (Phi) is 6.48. The van der Waals surface area contributed by atoms with Crippen LogP contribution in [0.4, 0.5) is 4.39 Å². The van der Waals surface area contributed by atoms with Gasteiger partial charge in [0.2, 0.25) is 5.91 Å². The predicted octanol–water partition coefficient (Wildman–Crippen LogP) is 3.78. The summed E-state index contributed by atoms with van der Waals surface area (Å²) in [6, 6.07) is 11.1. The number of fused-ring (bicyclic) bond motifs is 1. The Bertz CT molecular complexity index is 1020. The van der Waals surface area contributed by atoms with Crippen LogP contribution in [0.1, 0.15) is 45.5 Å². The molecule has 2 aromatic rings. The predicted molar refractivity (Wildman–Crippen MR) is 115 cm³/mol. The van der Waals surface area contributed by atoms with Gasteiger partial charge in [-0.3, -0.25) is 19.3 Å². The van der Waals surface area contributed by atoms with Crippen LogP contribution in [0.3, 0.4) is 0 Å². The van der Waals surface area contributed by atoms with Crippen molar-refractivity contribution in [2.45, 2.75) is 31.9 Å². The summed E-state index contributed by atoms with van der Waals surface area (Å²) in [6.45, 7) is 1.29. The number of imide groups is 1. The van der Waals surface area contributed by atoms with Gasteiger partial charge in [0.1, 0.15) is 5.82 Å². The molecule has 1 saturated heterocycles. The van der Waals surface area contributed by atoms with Gasteiger partial charge in [0.25, 0.3) is 11.8 Å². The van der Waals surface area contributed by atoms with Crippen LogP contribution in [0.15, 0.2) is 46.9 Å². The first-order valence-corrected chi connectivity index (χ1v) is 11.0. The molecule has 0 saturated carbocycles. The number of halogens is 2. The molecule has 2 aromatic carbocycles. The maximum atomic E-state index is 13.6. The van der Waals surface area contributed by atoms with E-state index in [2.05, 4.69) is 15.9 Å². The molecule has 4 rings (SSSR count). The fraction of sp³-hybridized carbons (Fsp3) is 0.348. The van der Waals surface area contributed by atoms with Gasteiger partial charge < -0.3 is 9.64 Å². The summed E-state index contributed by atoms with van der Waals surface area (Å²) in [5.74, 6) is -1.36. The lowest BCUT2D eigenvalue weighted by Crippen LogP contribution is -2.39. The van der Waals surface area contributed by atoms with E-state index in [1.807, 2.05) is 0 Å². The Morgan fingerprint density at radius 3 is 2.71 bits per heavy atom. The smallest absolute Gasteiger partial charge is 0.261 e. The molecule has 1 fully saturated rings. The normalized spacial score (nSPS) is 17.9. The first kappa shape index (κ1) is 21.6. The second-order valence-electron chi connectivity index (χ2n) is 7.74. The van der Waals surface area contributed by atoms with Crippen molar-refractivity contribution in [2.75, 3.05) is 19.7 Å². The quantitative estimate of drug-likeness (QED) is 0.556. The van der Waals surface area contributed by atoms with E-state index >= 15 is 0 Å². The van der Waals surface area contributed by atoms with Gasteiger partial charge in [0.15, 0.2) is 0 Å². The zero-order valence-corrected chi connectivity index (χ0v) is 18.4. The number of carbonyl (C=O) groups excluding carboxylic acids is 3. The van der Waals surface area contributed by atoms with Crippen LogP contribution < -0.4 is 0 Å². The fourth-order valence-electron chi connectivity index (χ4n) is 3.98. The Morgan fingerprint density at radius 2 is 1.97 bits per heavy atom. The van der Waals surface area contributed by atoms with E-state index in [1.165, 1.54) is 12.1 Å². The van der Waals surface area contributed by atoms with Crippen molar-refractivity contribution in [1.82, 2.24) is 9.80 Å². The minimum Gasteiger partial charge on any atom is -0.376 e. The van der Waals surface area contributed by atoms with Gasteiger partial charge >= 0.3 is 0 Å². The van der Waals surface area contributed by atoms with Gasteiger partial charge in [-0.05, 0) is 48.7 Å². The second kappa shape index (κ2) is 9.28. The van der Waals surface area contributed by atoms with Crippen molar-refractivity contribution in [3.05, 3.63) is 69.4 Å². The van der Waals surface area contributed by atoms with Gasteiger partial charge in [-0.2, -0.15) is 0 Å². The third kappa shape index (κ3) is 4.85. The molecular formula is C23H22BrFN2O4. The Morgan fingerprint density at radius 1 is 1.16 bits per heavy atom. The molecule has 8 heteroatoms. The van der Waals surface area contributed by atoms with Crippen LogP contribution in [0.2, 0.25) is 0 Å². The molecule has 6 nitrogen and oxygen atoms in total. The van der Waals surface area contributed by atoms with Crippen LogP contribution in [0.5, 0.6) is 0 Å². The first-order chi connectivity index (χ1) is 14.9. The molecule has 0 radical (unpaired) electrons. The Labute approximate surface area is 188 Å². The summed E-state index contributed by atoms with van der Waals surface area (Å²) in [7, 11) is 0. The number of hydrogen-bond donors (Lipinski definition) is 0. The van der Waals surface area contributed by atoms with E-state index < -0.39 is 11.8 Å². The standard InChI is InChI=1S/C23H22BrFN2O4/c24-16-6-7-19-20(12-16)23(30)27(22(19)29)9-8-21(28)26(14-18-5-2-10-31-18)13-15-3-1-4-17(25)11-15/h1,3-4,6-7,11-12,18H,2,5,8-10,13-14H2. The van der Waals surface area contributed by atoms with Gasteiger partial charge in [0.05, 0.1) is 17.2 Å². The zero-order chi connectivity index (χ0) is 22.0. The molecule has 1 unspecified atom stereocenters. The molecular weight excluding hydrogens is 467 g/mol. The molecule has 2 aliphatic heterocycles. The molecule has 0 N–H and O–H groups in total. The lowest BCUT2D eigenvalue weighted by Gasteiger charge is -2.26. The highest BCUT2D eigenvalue weighted by Gasteiger charge is 2.36. The van der Waals surface area contributed by atoms with Crippen molar-refractivity contribution in [3.63, 3.8) is 0 Å². The molecule has 0 spiro atoms. The van der Waals surface area contributed by atoms with Gasteiger partial charge in [-0.15, -0.1) is 0 Å². The van der Waals surface area contributed by atoms with Gasteiger partial charge in [0, 0.05) is 37.1 Å². The number of amides is 3. The lowest BCUT2D eigenvalue weighted by molar-refractivity contribution is -0.133. The van der Waals surface area contributed by atoms with Crippen molar-refractivity contribution in [2.24, 2.45) is 0 Å². The summed E-state index contributed by atoms with van der Waals surface area (Å²) in [6.07, 6.45) is 1.74. The maximum Gasteiger partial charge on any atom is 0.261 e. The van der Waals surface area contributed by atoms with Crippen LogP contribution in [0.25, 0.3) is 0 Å². The van der Waals surface area contributed by atoms with Crippen LogP contribution in [-0.2, 0) is 16.1 Å². The van der Waals surface area contributed by atoms with Crippen molar-refractivity contribution in [3.8, 4) is 0 Å². The Hall–Kier alpha value is -2.58. The summed E-state index contributed by atoms with van der Waals surface area (Å²) in [4.78, 5) is 41.0. The highest BCUT2D eigenvalue weighted by atomic mass is 79.9. The highest BCUT2D eigenvalue weighted by Crippen LogP contribution is 2.26. The molecule has 3 amide bonds. The van der Waals surface area contributed by atoms with Crippen molar-refractivity contribution >= 4 is 33.7 Å². The summed E-state index contributed by atoms with van der Waals surface area (Å²) < 4.78 is 20.0. The molecule has 31 heavy (non-hydrogen) atoms. The van der Waals surface area contributed by atoms with Crippen molar-refractivity contribution < 1.29 is 23.5 Å². The topological polar surface area (TPSA) is 66.9 Å². The number of hydrogen-bond acceptors (Lipinski definition) is 4. The third-order valence-electron chi connectivity index (χ3n) is 5.55. The summed E-state index contributed by atoms with van der Waals surface area (Å²) in [5.41, 5.74) is 1.36. The number of benzene rings is 2. The molecule has 1 atom stereocenters. The van der Waals surface area contributed by atoms with Gasteiger partial charge in [-0.25, -0.2) is 4.39 Å². The molecule has 0 bridgehead atoms. The minimum absolute atomic E-state index is 0.00528. The lowest BCUT2D eigenvalue weighted by atomic mass is 10.1. The zero-order valence-electron chi connectivity index (χ0n) is 16.9. The average molecular weight is 489 g/mol. The monoisotopic (exact) mass is 488 g/mol. The van der Waals surface area contributed by atoms with Crippen LogP contribution >= 0.6 is 15.9 Å². The molecule has 2 heterocycles. The Balaban J connectivity index is 1.44. The van der Waals surface area contributed by atoms with Crippen LogP contribution in [-0.4, -0.2) is 53.3 Å². The molecule has 2 aliphatic rings. The largest absolute Gasteiger partial charge is 0.376 e. The molecule has 0 aromatic heterocycles. The van der Waals surface area contributed by atoms with Crippen LogP contribution in [0, 0.1) is 5.82 Å². The first-order valence-electron chi connectivity index (χ1n) is 10.2. The van der Waals surface area contributed by atoms with E-state index in [-0.39, 0.29) is 37.3 Å². The SMILES string of the molecule is O=C(CCN1C(=O)c2ccc(Br)cc2C1=O)N(Cc1cccc(F)c1)CC1CCCO1. The van der Waals surface area contributed by atoms with Gasteiger partial charge in [-0.1, -0.05) is 28.1 Å². The molecule has 162 valence electrons. The second-order valence-corrected chi connectivity index (χ2v) is 8.66. The average Bonchev–Trinajstić information content (AvgIpc) is 3.33.